The van der Waals surface area contributed by atoms with Gasteiger partial charge >= 0.3 is 0 Å². The largest absolute Gasteiger partial charge is 0.497 e. The first-order valence-corrected chi connectivity index (χ1v) is 9.91. The van der Waals surface area contributed by atoms with E-state index in [9.17, 15) is 19.7 Å². The number of ether oxygens (including phenoxy) is 1. The highest BCUT2D eigenvalue weighted by Gasteiger charge is 2.12. The van der Waals surface area contributed by atoms with Crippen LogP contribution in [0.2, 0.25) is 0 Å². The molecule has 1 N–H and O–H groups in total. The van der Waals surface area contributed by atoms with E-state index in [0.717, 1.165) is 4.90 Å². The van der Waals surface area contributed by atoms with Crippen molar-refractivity contribution >= 4 is 34.8 Å². The number of rotatable bonds is 8. The number of nitrogens with zero attached hydrogens (tertiary/aromatic N) is 1. The van der Waals surface area contributed by atoms with Crippen molar-refractivity contribution in [2.45, 2.75) is 4.90 Å². The zero-order chi connectivity index (χ0) is 21.5. The van der Waals surface area contributed by atoms with E-state index in [0.29, 0.717) is 17.0 Å². The van der Waals surface area contributed by atoms with Crippen LogP contribution < -0.4 is 10.1 Å². The maximum atomic E-state index is 12.3. The lowest BCUT2D eigenvalue weighted by Gasteiger charge is -2.07. The van der Waals surface area contributed by atoms with Crippen LogP contribution in [0.5, 0.6) is 5.75 Å². The SMILES string of the molecule is COc1ccc(C(=O)CSc2ccc(NC(=O)c3cccc([N+](=O)[O-])c3)cc2)cc1. The lowest BCUT2D eigenvalue weighted by molar-refractivity contribution is -0.384. The summed E-state index contributed by atoms with van der Waals surface area (Å²) in [6.07, 6.45) is 0. The van der Waals surface area contributed by atoms with E-state index < -0.39 is 10.8 Å². The molecule has 0 aliphatic heterocycles. The molecule has 3 aromatic carbocycles. The van der Waals surface area contributed by atoms with Crippen LogP contribution in [0.15, 0.2) is 77.7 Å². The van der Waals surface area contributed by atoms with Gasteiger partial charge in [0, 0.05) is 33.8 Å². The maximum absolute atomic E-state index is 12.3. The van der Waals surface area contributed by atoms with Gasteiger partial charge in [-0.3, -0.25) is 19.7 Å². The fourth-order valence-corrected chi connectivity index (χ4v) is 3.40. The fourth-order valence-electron chi connectivity index (χ4n) is 2.61. The van der Waals surface area contributed by atoms with E-state index in [1.807, 2.05) is 0 Å². The first-order valence-electron chi connectivity index (χ1n) is 8.92. The number of hydrogen-bond acceptors (Lipinski definition) is 6. The van der Waals surface area contributed by atoms with Crippen molar-refractivity contribution in [3.8, 4) is 5.75 Å². The molecule has 0 radical (unpaired) electrons. The Morgan fingerprint density at radius 3 is 2.33 bits per heavy atom. The van der Waals surface area contributed by atoms with Gasteiger partial charge < -0.3 is 10.1 Å². The number of methoxy groups -OCH3 is 1. The van der Waals surface area contributed by atoms with Crippen LogP contribution in [0.1, 0.15) is 20.7 Å². The summed E-state index contributed by atoms with van der Waals surface area (Å²) in [5.74, 6) is 0.549. The van der Waals surface area contributed by atoms with Crippen LogP contribution in [0.3, 0.4) is 0 Å². The average molecular weight is 422 g/mol. The van der Waals surface area contributed by atoms with Crippen LogP contribution >= 0.6 is 11.8 Å². The second kappa shape index (κ2) is 9.71. The molecule has 0 aromatic heterocycles. The van der Waals surface area contributed by atoms with Gasteiger partial charge in [0.15, 0.2) is 5.78 Å². The highest BCUT2D eigenvalue weighted by atomic mass is 32.2. The van der Waals surface area contributed by atoms with Crippen molar-refractivity contribution in [1.82, 2.24) is 0 Å². The molecule has 0 unspecified atom stereocenters. The zero-order valence-corrected chi connectivity index (χ0v) is 16.8. The average Bonchev–Trinajstić information content (AvgIpc) is 2.78. The Balaban J connectivity index is 1.56. The third-order valence-electron chi connectivity index (χ3n) is 4.21. The second-order valence-electron chi connectivity index (χ2n) is 6.23. The van der Waals surface area contributed by atoms with E-state index in [1.165, 1.54) is 36.0 Å². The molecule has 0 heterocycles. The second-order valence-corrected chi connectivity index (χ2v) is 7.28. The number of anilines is 1. The van der Waals surface area contributed by atoms with Crippen molar-refractivity contribution in [3.05, 3.63) is 94.0 Å². The van der Waals surface area contributed by atoms with Crippen molar-refractivity contribution in [3.63, 3.8) is 0 Å². The molecule has 0 saturated carbocycles. The Morgan fingerprint density at radius 1 is 1.00 bits per heavy atom. The molecule has 0 spiro atoms. The molecule has 0 aliphatic rings. The first-order chi connectivity index (χ1) is 14.5. The molecule has 0 atom stereocenters. The van der Waals surface area contributed by atoms with Gasteiger partial charge in [-0.05, 0) is 54.6 Å². The number of nitro groups is 1. The lowest BCUT2D eigenvalue weighted by Crippen LogP contribution is -2.12. The number of ketones is 1. The quantitative estimate of drug-likeness (QED) is 0.242. The van der Waals surface area contributed by atoms with Gasteiger partial charge in [-0.2, -0.15) is 0 Å². The summed E-state index contributed by atoms with van der Waals surface area (Å²) >= 11 is 1.39. The monoisotopic (exact) mass is 422 g/mol. The molecule has 1 amide bonds. The molecule has 7 nitrogen and oxygen atoms in total. The minimum absolute atomic E-state index is 0.00528. The molecule has 0 bridgehead atoms. The van der Waals surface area contributed by atoms with Gasteiger partial charge in [-0.15, -0.1) is 11.8 Å². The van der Waals surface area contributed by atoms with Gasteiger partial charge in [0.05, 0.1) is 17.8 Å². The van der Waals surface area contributed by atoms with Crippen LogP contribution in [-0.2, 0) is 0 Å². The summed E-state index contributed by atoms with van der Waals surface area (Å²) in [5, 5.41) is 13.5. The molecule has 0 saturated heterocycles. The van der Waals surface area contributed by atoms with Crippen molar-refractivity contribution in [2.75, 3.05) is 18.2 Å². The fraction of sp³-hybridized carbons (Fsp3) is 0.0909. The molecule has 0 fully saturated rings. The summed E-state index contributed by atoms with van der Waals surface area (Å²) in [5.41, 5.74) is 1.23. The maximum Gasteiger partial charge on any atom is 0.270 e. The Labute approximate surface area is 177 Å². The van der Waals surface area contributed by atoms with Crippen molar-refractivity contribution < 1.29 is 19.2 Å². The minimum Gasteiger partial charge on any atom is -0.497 e. The van der Waals surface area contributed by atoms with E-state index in [4.69, 9.17) is 4.74 Å². The molecule has 30 heavy (non-hydrogen) atoms. The molecule has 152 valence electrons. The lowest BCUT2D eigenvalue weighted by atomic mass is 10.1. The third kappa shape index (κ3) is 5.45. The van der Waals surface area contributed by atoms with Gasteiger partial charge in [-0.25, -0.2) is 0 Å². The minimum atomic E-state index is -0.546. The number of nitro benzene ring substituents is 1. The van der Waals surface area contributed by atoms with Gasteiger partial charge in [0.1, 0.15) is 5.75 Å². The number of amides is 1. The van der Waals surface area contributed by atoms with Crippen LogP contribution in [-0.4, -0.2) is 29.5 Å². The van der Waals surface area contributed by atoms with Gasteiger partial charge in [0.25, 0.3) is 11.6 Å². The smallest absolute Gasteiger partial charge is 0.270 e. The molecule has 3 aromatic rings. The predicted molar refractivity (Wildman–Crippen MR) is 116 cm³/mol. The summed E-state index contributed by atoms with van der Waals surface area (Å²) in [6, 6.07) is 19.5. The van der Waals surface area contributed by atoms with Crippen LogP contribution in [0, 0.1) is 10.1 Å². The number of benzene rings is 3. The van der Waals surface area contributed by atoms with E-state index in [1.54, 1.807) is 55.6 Å². The summed E-state index contributed by atoms with van der Waals surface area (Å²) in [6.45, 7) is 0. The van der Waals surface area contributed by atoms with E-state index in [2.05, 4.69) is 5.32 Å². The Kier molecular flexibility index (Phi) is 6.82. The summed E-state index contributed by atoms with van der Waals surface area (Å²) in [4.78, 5) is 35.8. The Hall–Kier alpha value is -3.65. The van der Waals surface area contributed by atoms with Gasteiger partial charge in [0.2, 0.25) is 0 Å². The number of hydrogen-bond donors (Lipinski definition) is 1. The molecular formula is C22H18N2O5S. The standard InChI is InChI=1S/C22H18N2O5S/c1-29-19-9-5-15(6-10-19)21(25)14-30-20-11-7-17(8-12-20)23-22(26)16-3-2-4-18(13-16)24(27)28/h2-13H,14H2,1H3,(H,23,26). The van der Waals surface area contributed by atoms with E-state index in [-0.39, 0.29) is 22.8 Å². The normalized spacial score (nSPS) is 10.3. The molecule has 0 aliphatic carbocycles. The van der Waals surface area contributed by atoms with Crippen molar-refractivity contribution in [2.24, 2.45) is 0 Å². The van der Waals surface area contributed by atoms with Crippen LogP contribution in [0.25, 0.3) is 0 Å². The zero-order valence-electron chi connectivity index (χ0n) is 16.0. The molecule has 3 rings (SSSR count). The number of carbonyl (C=O) groups excluding carboxylic acids is 2. The number of Topliss-reactive ketones (excluding diaryl/α,β-unsaturated/α-hetero) is 1. The highest BCUT2D eigenvalue weighted by Crippen LogP contribution is 2.23. The number of non-ortho nitro benzene ring substituents is 1. The third-order valence-corrected chi connectivity index (χ3v) is 5.23. The summed E-state index contributed by atoms with van der Waals surface area (Å²) < 4.78 is 5.08. The van der Waals surface area contributed by atoms with Gasteiger partial charge in [-0.1, -0.05) is 6.07 Å². The van der Waals surface area contributed by atoms with Crippen LogP contribution in [0.4, 0.5) is 11.4 Å². The predicted octanol–water partition coefficient (Wildman–Crippen LogP) is 4.83. The first kappa shape index (κ1) is 21.1. The summed E-state index contributed by atoms with van der Waals surface area (Å²) in [7, 11) is 1.57. The molecular weight excluding hydrogens is 404 g/mol. The molecule has 8 heteroatoms. The Morgan fingerprint density at radius 2 is 1.70 bits per heavy atom. The topological polar surface area (TPSA) is 98.5 Å². The number of carbonyl (C=O) groups is 2. The van der Waals surface area contributed by atoms with E-state index >= 15 is 0 Å². The highest BCUT2D eigenvalue weighted by molar-refractivity contribution is 8.00. The number of thioether (sulfide) groups is 1. The Bertz CT molecular complexity index is 1070. The number of nitrogens with one attached hydrogen (secondary N) is 1. The van der Waals surface area contributed by atoms with Crippen molar-refractivity contribution in [1.29, 1.82) is 0 Å².